The number of aryl methyl sites for hydroxylation is 1. The average Bonchev–Trinajstić information content (AvgIpc) is 3.14. The summed E-state index contributed by atoms with van der Waals surface area (Å²) in [5.41, 5.74) is 4.83. The van der Waals surface area contributed by atoms with Gasteiger partial charge in [-0.05, 0) is 54.7 Å². The zero-order chi connectivity index (χ0) is 22.6. The fourth-order valence-electron chi connectivity index (χ4n) is 4.68. The van der Waals surface area contributed by atoms with Crippen LogP contribution in [0.5, 0.6) is 11.5 Å². The van der Waals surface area contributed by atoms with Crippen molar-refractivity contribution in [2.24, 2.45) is 0 Å². The summed E-state index contributed by atoms with van der Waals surface area (Å²) in [7, 11) is 1.50. The highest BCUT2D eigenvalue weighted by Crippen LogP contribution is 2.50. The third-order valence-electron chi connectivity index (χ3n) is 6.21. The van der Waals surface area contributed by atoms with Crippen molar-refractivity contribution in [2.45, 2.75) is 31.6 Å². The molecule has 1 aliphatic carbocycles. The molecule has 0 amide bonds. The number of hydrogen-bond donors (Lipinski definition) is 2. The molecule has 2 aromatic carbocycles. The molecule has 3 aromatic rings. The van der Waals surface area contributed by atoms with Gasteiger partial charge < -0.3 is 19.7 Å². The first-order valence-electron chi connectivity index (χ1n) is 10.2. The third-order valence-corrected chi connectivity index (χ3v) is 6.95. The van der Waals surface area contributed by atoms with E-state index in [2.05, 4.69) is 10.5 Å². The normalized spacial score (nSPS) is 19.9. The molecule has 0 fully saturated rings. The molecule has 0 radical (unpaired) electrons. The molecular weight excluding hydrogens is 451 g/mol. The van der Waals surface area contributed by atoms with Gasteiger partial charge in [0.25, 0.3) is 0 Å². The van der Waals surface area contributed by atoms with Crippen molar-refractivity contribution in [1.82, 2.24) is 5.16 Å². The fraction of sp³-hybridized carbons (Fsp3) is 0.250. The maximum absolute atomic E-state index is 13.5. The molecule has 8 heteroatoms. The van der Waals surface area contributed by atoms with E-state index in [-0.39, 0.29) is 23.4 Å². The number of benzene rings is 2. The number of nitrogens with one attached hydrogen (secondary N) is 1. The summed E-state index contributed by atoms with van der Waals surface area (Å²) >= 11 is 12.4. The van der Waals surface area contributed by atoms with Crippen molar-refractivity contribution in [3.05, 3.63) is 80.1 Å². The summed E-state index contributed by atoms with van der Waals surface area (Å²) in [6.45, 7) is 1.86. The number of aromatic hydroxyl groups is 1. The van der Waals surface area contributed by atoms with Gasteiger partial charge in [-0.25, -0.2) is 0 Å². The van der Waals surface area contributed by atoms with Gasteiger partial charge in [0.05, 0.1) is 28.4 Å². The molecule has 5 rings (SSSR count). The first-order chi connectivity index (χ1) is 15.4. The van der Waals surface area contributed by atoms with Crippen molar-refractivity contribution < 1.29 is 19.2 Å². The lowest BCUT2D eigenvalue weighted by atomic mass is 9.72. The van der Waals surface area contributed by atoms with Crippen LogP contribution in [-0.4, -0.2) is 23.2 Å². The molecular formula is C24H20Cl2N2O4. The molecule has 1 aliphatic heterocycles. The Balaban J connectivity index is 1.60. The number of rotatable bonds is 3. The summed E-state index contributed by atoms with van der Waals surface area (Å²) in [5.74, 6) is 0.615. The number of methoxy groups -OCH3 is 1. The smallest absolute Gasteiger partial charge is 0.233 e. The van der Waals surface area contributed by atoms with E-state index >= 15 is 0 Å². The van der Waals surface area contributed by atoms with E-state index in [0.29, 0.717) is 45.8 Å². The lowest BCUT2D eigenvalue weighted by Gasteiger charge is -2.34. The lowest BCUT2D eigenvalue weighted by molar-refractivity contribution is -0.116. The second-order valence-electron chi connectivity index (χ2n) is 8.09. The Morgan fingerprint density at radius 1 is 1.12 bits per heavy atom. The predicted octanol–water partition coefficient (Wildman–Crippen LogP) is 5.96. The van der Waals surface area contributed by atoms with Crippen molar-refractivity contribution in [3.63, 3.8) is 0 Å². The number of ether oxygens (including phenoxy) is 1. The Morgan fingerprint density at radius 2 is 1.91 bits per heavy atom. The van der Waals surface area contributed by atoms with Gasteiger partial charge in [0, 0.05) is 23.6 Å². The van der Waals surface area contributed by atoms with Crippen LogP contribution < -0.4 is 10.1 Å². The molecule has 2 N–H and O–H groups in total. The number of fused-ring (bicyclic) bond motifs is 1. The van der Waals surface area contributed by atoms with Gasteiger partial charge in [-0.15, -0.1) is 0 Å². The van der Waals surface area contributed by atoms with Crippen LogP contribution in [0.4, 0.5) is 5.88 Å². The van der Waals surface area contributed by atoms with Gasteiger partial charge in [-0.1, -0.05) is 40.5 Å². The first kappa shape index (κ1) is 20.9. The molecule has 0 saturated carbocycles. The summed E-state index contributed by atoms with van der Waals surface area (Å²) in [6, 6.07) is 10.6. The highest BCUT2D eigenvalue weighted by atomic mass is 35.5. The molecule has 0 bridgehead atoms. The third kappa shape index (κ3) is 3.34. The maximum atomic E-state index is 13.5. The maximum Gasteiger partial charge on any atom is 0.233 e. The number of anilines is 1. The minimum absolute atomic E-state index is 0.0399. The van der Waals surface area contributed by atoms with E-state index in [1.54, 1.807) is 24.3 Å². The molecule has 0 spiro atoms. The van der Waals surface area contributed by atoms with Gasteiger partial charge in [0.1, 0.15) is 0 Å². The van der Waals surface area contributed by atoms with Gasteiger partial charge in [-0.3, -0.25) is 4.79 Å². The minimum atomic E-state index is -0.343. The number of phenols is 1. The fourth-order valence-corrected chi connectivity index (χ4v) is 4.99. The molecule has 2 aliphatic rings. The van der Waals surface area contributed by atoms with Crippen LogP contribution in [0.3, 0.4) is 0 Å². The molecule has 32 heavy (non-hydrogen) atoms. The number of hydrogen-bond acceptors (Lipinski definition) is 6. The second kappa shape index (κ2) is 7.87. The minimum Gasteiger partial charge on any atom is -0.504 e. The standard InChI is InChI=1S/C24H20Cl2N2O4/c1-11-21-22(13-3-5-15(25)16(26)7-13)23-17(27-24(21)32-28-11)8-14(9-19(23)30)12-4-6-18(29)20(10-12)31-2/h3-7,10,14,22,27,29H,8-9H2,1-2H3. The zero-order valence-electron chi connectivity index (χ0n) is 17.4. The number of carbonyl (C=O) groups excluding carboxylic acids is 1. The number of nitrogens with zero attached hydrogens (tertiary/aromatic N) is 1. The van der Waals surface area contributed by atoms with Crippen LogP contribution in [-0.2, 0) is 4.79 Å². The summed E-state index contributed by atoms with van der Waals surface area (Å²) < 4.78 is 10.8. The molecule has 0 saturated heterocycles. The van der Waals surface area contributed by atoms with E-state index in [9.17, 15) is 9.90 Å². The van der Waals surface area contributed by atoms with Gasteiger partial charge in [0.2, 0.25) is 5.88 Å². The number of allylic oxidation sites excluding steroid dienone is 2. The molecule has 164 valence electrons. The van der Waals surface area contributed by atoms with Crippen LogP contribution in [0.1, 0.15) is 47.1 Å². The van der Waals surface area contributed by atoms with E-state index < -0.39 is 0 Å². The van der Waals surface area contributed by atoms with E-state index in [0.717, 1.165) is 22.4 Å². The van der Waals surface area contributed by atoms with E-state index in [1.807, 2.05) is 19.1 Å². The van der Waals surface area contributed by atoms with Crippen LogP contribution in [0.2, 0.25) is 10.0 Å². The van der Waals surface area contributed by atoms with Crippen LogP contribution in [0.15, 0.2) is 52.2 Å². The number of aromatic nitrogens is 1. The molecule has 2 unspecified atom stereocenters. The summed E-state index contributed by atoms with van der Waals surface area (Å²) in [4.78, 5) is 13.5. The monoisotopic (exact) mass is 470 g/mol. The van der Waals surface area contributed by atoms with Crippen molar-refractivity contribution in [3.8, 4) is 11.5 Å². The number of ketones is 1. The Kier molecular flexibility index (Phi) is 5.14. The molecule has 6 nitrogen and oxygen atoms in total. The van der Waals surface area contributed by atoms with Gasteiger partial charge >= 0.3 is 0 Å². The SMILES string of the molecule is COc1cc(C2CC(=O)C3=C(C2)Nc2onc(C)c2C3c2ccc(Cl)c(Cl)c2)ccc1O. The Bertz CT molecular complexity index is 1280. The predicted molar refractivity (Wildman–Crippen MR) is 122 cm³/mol. The van der Waals surface area contributed by atoms with Crippen molar-refractivity contribution in [2.75, 3.05) is 12.4 Å². The number of carbonyl (C=O) groups is 1. The topological polar surface area (TPSA) is 84.6 Å². The number of phenolic OH excluding ortho intramolecular Hbond substituents is 1. The van der Waals surface area contributed by atoms with Crippen LogP contribution >= 0.6 is 23.2 Å². The molecule has 2 atom stereocenters. The van der Waals surface area contributed by atoms with E-state index in [4.69, 9.17) is 32.5 Å². The Morgan fingerprint density at radius 3 is 2.66 bits per heavy atom. The average molecular weight is 471 g/mol. The van der Waals surface area contributed by atoms with Crippen LogP contribution in [0, 0.1) is 6.92 Å². The van der Waals surface area contributed by atoms with Gasteiger partial charge in [0.15, 0.2) is 17.3 Å². The first-order valence-corrected chi connectivity index (χ1v) is 10.9. The van der Waals surface area contributed by atoms with E-state index in [1.165, 1.54) is 7.11 Å². The highest BCUT2D eigenvalue weighted by molar-refractivity contribution is 6.42. The highest BCUT2D eigenvalue weighted by Gasteiger charge is 2.41. The lowest BCUT2D eigenvalue weighted by Crippen LogP contribution is -2.29. The zero-order valence-corrected chi connectivity index (χ0v) is 18.9. The quantitative estimate of drug-likeness (QED) is 0.490. The number of Topliss-reactive ketones (excluding diaryl/α,β-unsaturated/α-hetero) is 1. The molecule has 1 aromatic heterocycles. The van der Waals surface area contributed by atoms with Gasteiger partial charge in [-0.2, -0.15) is 0 Å². The summed E-state index contributed by atoms with van der Waals surface area (Å²) in [5, 5.41) is 18.3. The molecule has 2 heterocycles. The largest absolute Gasteiger partial charge is 0.504 e. The second-order valence-corrected chi connectivity index (χ2v) is 8.91. The van der Waals surface area contributed by atoms with Crippen molar-refractivity contribution in [1.29, 1.82) is 0 Å². The summed E-state index contributed by atoms with van der Waals surface area (Å²) in [6.07, 6.45) is 0.942. The van der Waals surface area contributed by atoms with Crippen molar-refractivity contribution >= 4 is 34.9 Å². The Labute approximate surface area is 194 Å². The van der Waals surface area contributed by atoms with Crippen LogP contribution in [0.25, 0.3) is 0 Å². The number of halogens is 2. The Hall–Kier alpha value is -2.96.